The van der Waals surface area contributed by atoms with E-state index in [0.29, 0.717) is 19.4 Å². The van der Waals surface area contributed by atoms with Crippen molar-refractivity contribution in [3.63, 3.8) is 0 Å². The number of carbonyl (C=O) groups is 3. The number of rotatable bonds is 11. The maximum Gasteiger partial charge on any atom is 0.310 e. The van der Waals surface area contributed by atoms with E-state index in [1.54, 1.807) is 17.9 Å². The summed E-state index contributed by atoms with van der Waals surface area (Å²) in [5.41, 5.74) is -2.25. The van der Waals surface area contributed by atoms with Crippen LogP contribution in [0.1, 0.15) is 67.2 Å². The molecule has 1 spiro atoms. The molecule has 3 aliphatic heterocycles. The quantitative estimate of drug-likeness (QED) is 0.442. The smallest absolute Gasteiger partial charge is 0.310 e. The van der Waals surface area contributed by atoms with Gasteiger partial charge in [-0.2, -0.15) is 0 Å². The van der Waals surface area contributed by atoms with Gasteiger partial charge in [0.15, 0.2) is 0 Å². The molecule has 3 fully saturated rings. The molecule has 3 rings (SSSR count). The van der Waals surface area contributed by atoms with Crippen molar-refractivity contribution in [3.8, 4) is 0 Å². The summed E-state index contributed by atoms with van der Waals surface area (Å²) < 4.78 is 6.57. The number of aliphatic hydroxyl groups excluding tert-OH is 1. The van der Waals surface area contributed by atoms with E-state index in [9.17, 15) is 24.6 Å². The maximum atomic E-state index is 14.3. The van der Waals surface area contributed by atoms with Crippen LogP contribution in [-0.4, -0.2) is 80.3 Å². The van der Waals surface area contributed by atoms with Crippen LogP contribution in [0.5, 0.6) is 0 Å². The zero-order chi connectivity index (χ0) is 25.6. The lowest BCUT2D eigenvalue weighted by atomic mass is 9.62. The van der Waals surface area contributed by atoms with Crippen LogP contribution in [0.2, 0.25) is 0 Å². The first-order valence-corrected chi connectivity index (χ1v) is 12.7. The van der Waals surface area contributed by atoms with Crippen molar-refractivity contribution < 1.29 is 29.3 Å². The van der Waals surface area contributed by atoms with E-state index in [0.717, 1.165) is 12.8 Å². The summed E-state index contributed by atoms with van der Waals surface area (Å²) in [6.07, 6.45) is 4.49. The molecule has 8 heteroatoms. The molecule has 2 N–H and O–H groups in total. The Kier molecular flexibility index (Phi) is 7.54. The van der Waals surface area contributed by atoms with Gasteiger partial charge in [0.2, 0.25) is 11.8 Å². The van der Waals surface area contributed by atoms with Crippen molar-refractivity contribution in [3.05, 3.63) is 12.7 Å². The Labute approximate surface area is 203 Å². The molecule has 3 heterocycles. The number of carboxylic acids is 1. The van der Waals surface area contributed by atoms with Crippen molar-refractivity contribution in [1.82, 2.24) is 9.80 Å². The fourth-order valence-corrected chi connectivity index (χ4v) is 6.86. The molecule has 0 aromatic carbocycles. The van der Waals surface area contributed by atoms with E-state index in [-0.39, 0.29) is 36.3 Å². The van der Waals surface area contributed by atoms with Gasteiger partial charge in [0.05, 0.1) is 24.2 Å². The highest BCUT2D eigenvalue weighted by Gasteiger charge is 2.80. The normalized spacial score (nSPS) is 36.8. The first kappa shape index (κ1) is 26.7. The monoisotopic (exact) mass is 478 g/mol. The minimum absolute atomic E-state index is 0.0751. The van der Waals surface area contributed by atoms with Crippen molar-refractivity contribution in [1.29, 1.82) is 0 Å². The summed E-state index contributed by atoms with van der Waals surface area (Å²) in [5, 5.41) is 20.5. The Morgan fingerprint density at radius 3 is 2.50 bits per heavy atom. The molecule has 9 atom stereocenters. The second-order valence-electron chi connectivity index (χ2n) is 10.8. The molecule has 3 aliphatic rings. The topological polar surface area (TPSA) is 107 Å². The number of fused-ring (bicyclic) bond motifs is 1. The van der Waals surface area contributed by atoms with Gasteiger partial charge < -0.3 is 24.7 Å². The molecule has 2 bridgehead atoms. The second kappa shape index (κ2) is 9.61. The number of aliphatic hydroxyl groups is 1. The summed E-state index contributed by atoms with van der Waals surface area (Å²) in [6, 6.07) is -1.66. The summed E-state index contributed by atoms with van der Waals surface area (Å²) in [5.74, 6) is -3.91. The molecule has 192 valence electrons. The van der Waals surface area contributed by atoms with Gasteiger partial charge in [-0.05, 0) is 38.5 Å². The van der Waals surface area contributed by atoms with E-state index in [1.165, 1.54) is 4.90 Å². The lowest BCUT2D eigenvalue weighted by Gasteiger charge is -2.42. The predicted molar refractivity (Wildman–Crippen MR) is 128 cm³/mol. The summed E-state index contributed by atoms with van der Waals surface area (Å²) in [6.45, 7) is 15.5. The number of hydrogen-bond donors (Lipinski definition) is 2. The Balaban J connectivity index is 2.19. The Morgan fingerprint density at radius 1 is 1.35 bits per heavy atom. The summed E-state index contributed by atoms with van der Waals surface area (Å²) in [4.78, 5) is 44.1. The highest BCUT2D eigenvalue weighted by atomic mass is 16.5. The lowest BCUT2D eigenvalue weighted by Crippen LogP contribution is -2.61. The zero-order valence-electron chi connectivity index (χ0n) is 21.5. The Hall–Kier alpha value is -1.93. The molecule has 0 radical (unpaired) electrons. The third-order valence-electron chi connectivity index (χ3n) is 8.95. The number of hydrogen-bond acceptors (Lipinski definition) is 5. The van der Waals surface area contributed by atoms with Crippen molar-refractivity contribution in [2.24, 2.45) is 23.7 Å². The molecule has 0 aromatic heterocycles. The minimum atomic E-state index is -1.22. The van der Waals surface area contributed by atoms with Crippen LogP contribution >= 0.6 is 0 Å². The third-order valence-corrected chi connectivity index (χ3v) is 8.95. The molecular weight excluding hydrogens is 436 g/mol. The lowest BCUT2D eigenvalue weighted by molar-refractivity contribution is -0.161. The SMILES string of the molecule is C=CCN(C(=O)C1N([C@@H](CO)[C@@H](C)CC)C(=O)[C@@H]2[C@@H](C(=O)O)[C@]3(C)OC12CC3C)C(C)CCC. The van der Waals surface area contributed by atoms with Gasteiger partial charge in [-0.3, -0.25) is 14.4 Å². The molecule has 34 heavy (non-hydrogen) atoms. The van der Waals surface area contributed by atoms with Gasteiger partial charge in [-0.1, -0.05) is 46.6 Å². The number of nitrogens with zero attached hydrogens (tertiary/aromatic N) is 2. The maximum absolute atomic E-state index is 14.3. The Morgan fingerprint density at radius 2 is 2.00 bits per heavy atom. The number of carbonyl (C=O) groups excluding carboxylic acids is 2. The highest BCUT2D eigenvalue weighted by Crippen LogP contribution is 2.65. The van der Waals surface area contributed by atoms with Gasteiger partial charge in [0.1, 0.15) is 17.6 Å². The number of ether oxygens (including phenoxy) is 1. The van der Waals surface area contributed by atoms with E-state index in [4.69, 9.17) is 4.74 Å². The van der Waals surface area contributed by atoms with Crippen molar-refractivity contribution in [2.75, 3.05) is 13.2 Å². The summed E-state index contributed by atoms with van der Waals surface area (Å²) >= 11 is 0. The number of carboxylic acid groups (broad SMARTS) is 1. The number of amides is 2. The van der Waals surface area contributed by atoms with Crippen LogP contribution in [0.25, 0.3) is 0 Å². The van der Waals surface area contributed by atoms with Gasteiger partial charge >= 0.3 is 5.97 Å². The van der Waals surface area contributed by atoms with Gasteiger partial charge in [0.25, 0.3) is 0 Å². The average Bonchev–Trinajstić information content (AvgIpc) is 3.29. The van der Waals surface area contributed by atoms with Crippen molar-refractivity contribution >= 4 is 17.8 Å². The third kappa shape index (κ3) is 3.68. The largest absolute Gasteiger partial charge is 0.481 e. The van der Waals surface area contributed by atoms with Crippen LogP contribution in [0, 0.1) is 23.7 Å². The van der Waals surface area contributed by atoms with Crippen LogP contribution in [0.4, 0.5) is 0 Å². The predicted octanol–water partition coefficient (Wildman–Crippen LogP) is 2.69. The average molecular weight is 479 g/mol. The highest BCUT2D eigenvalue weighted by molar-refractivity contribution is 5.98. The van der Waals surface area contributed by atoms with Crippen LogP contribution in [0.15, 0.2) is 12.7 Å². The molecule has 3 saturated heterocycles. The molecule has 0 aliphatic carbocycles. The molecule has 4 unspecified atom stereocenters. The molecular formula is C26H42N2O6. The summed E-state index contributed by atoms with van der Waals surface area (Å²) in [7, 11) is 0. The van der Waals surface area contributed by atoms with Crippen molar-refractivity contribution in [2.45, 2.75) is 96.6 Å². The minimum Gasteiger partial charge on any atom is -0.481 e. The van der Waals surface area contributed by atoms with Crippen LogP contribution < -0.4 is 0 Å². The first-order valence-electron chi connectivity index (χ1n) is 12.7. The number of aliphatic carboxylic acids is 1. The standard InChI is InChI=1S/C26H42N2O6/c1-8-11-17(6)27(12-9-2)23(31)21-26-13-16(5)25(7,34-26)20(24(32)33)19(26)22(30)28(21)18(14-29)15(4)10-3/h9,15-21,29H,2,8,10-14H2,1,3-7H3,(H,32,33)/t15-,16?,17?,18-,19-,20-,21?,25+,26?/m0/s1. The fraction of sp³-hybridized carbons (Fsp3) is 0.808. The molecule has 8 nitrogen and oxygen atoms in total. The van der Waals surface area contributed by atoms with E-state index in [1.807, 2.05) is 27.7 Å². The van der Waals surface area contributed by atoms with Gasteiger partial charge in [0, 0.05) is 12.6 Å². The van der Waals surface area contributed by atoms with E-state index >= 15 is 0 Å². The molecule has 0 saturated carbocycles. The van der Waals surface area contributed by atoms with E-state index < -0.39 is 41.1 Å². The second-order valence-corrected chi connectivity index (χ2v) is 10.8. The van der Waals surface area contributed by atoms with Gasteiger partial charge in [-0.15, -0.1) is 6.58 Å². The number of likely N-dealkylation sites (tertiary alicyclic amines) is 1. The van der Waals surface area contributed by atoms with E-state index in [2.05, 4.69) is 13.5 Å². The first-order chi connectivity index (χ1) is 16.0. The zero-order valence-corrected chi connectivity index (χ0v) is 21.5. The Bertz CT molecular complexity index is 832. The fourth-order valence-electron chi connectivity index (χ4n) is 6.86. The van der Waals surface area contributed by atoms with Crippen LogP contribution in [0.3, 0.4) is 0 Å². The molecule has 0 aromatic rings. The van der Waals surface area contributed by atoms with Crippen LogP contribution in [-0.2, 0) is 19.1 Å². The van der Waals surface area contributed by atoms with Gasteiger partial charge in [-0.25, -0.2) is 0 Å². The molecule has 2 amide bonds.